The van der Waals surface area contributed by atoms with Crippen LogP contribution in [0.15, 0.2) is 29.6 Å². The number of thiazole rings is 1. The summed E-state index contributed by atoms with van der Waals surface area (Å²) >= 11 is 1.22. The zero-order valence-corrected chi connectivity index (χ0v) is 10.9. The molecule has 3 rings (SSSR count). The molecular weight excluding hydrogens is 262 g/mol. The average Bonchev–Trinajstić information content (AvgIpc) is 2.95. The Morgan fingerprint density at radius 3 is 3.00 bits per heavy atom. The van der Waals surface area contributed by atoms with Gasteiger partial charge in [-0.05, 0) is 11.1 Å². The highest BCUT2D eigenvalue weighted by Gasteiger charge is 2.32. The van der Waals surface area contributed by atoms with Gasteiger partial charge in [-0.25, -0.2) is 4.98 Å². The number of amides is 1. The van der Waals surface area contributed by atoms with Gasteiger partial charge < -0.3 is 16.2 Å². The number of nitrogens with two attached hydrogens (primary N) is 1. The third-order valence-corrected chi connectivity index (χ3v) is 3.92. The molecule has 1 aliphatic carbocycles. The van der Waals surface area contributed by atoms with Crippen LogP contribution in [-0.2, 0) is 6.42 Å². The van der Waals surface area contributed by atoms with Gasteiger partial charge in [-0.2, -0.15) is 0 Å². The van der Waals surface area contributed by atoms with Gasteiger partial charge in [0.05, 0.1) is 12.1 Å². The molecule has 1 heterocycles. The molecule has 0 radical (unpaired) electrons. The maximum absolute atomic E-state index is 12.0. The molecule has 0 saturated carbocycles. The summed E-state index contributed by atoms with van der Waals surface area (Å²) in [6, 6.07) is 7.33. The minimum absolute atomic E-state index is 0.291. The number of anilines is 1. The molecule has 1 aliphatic rings. The Balaban J connectivity index is 1.82. The molecule has 98 valence electrons. The first kappa shape index (κ1) is 12.1. The van der Waals surface area contributed by atoms with Crippen LogP contribution in [0.3, 0.4) is 0 Å². The Bertz CT molecular complexity index is 626. The predicted octanol–water partition coefficient (Wildman–Crippen LogP) is 1.11. The van der Waals surface area contributed by atoms with E-state index in [1.807, 2.05) is 24.3 Å². The first-order chi connectivity index (χ1) is 9.15. The van der Waals surface area contributed by atoms with Crippen LogP contribution in [0.2, 0.25) is 0 Å². The fraction of sp³-hybridized carbons (Fsp3) is 0.231. The van der Waals surface area contributed by atoms with Crippen molar-refractivity contribution in [2.45, 2.75) is 18.6 Å². The number of fused-ring (bicyclic) bond motifs is 1. The molecule has 0 fully saturated rings. The van der Waals surface area contributed by atoms with Crippen LogP contribution in [0.1, 0.15) is 27.7 Å². The molecule has 6 heteroatoms. The number of nitrogens with one attached hydrogen (secondary N) is 1. The van der Waals surface area contributed by atoms with Gasteiger partial charge in [-0.1, -0.05) is 24.3 Å². The van der Waals surface area contributed by atoms with E-state index in [2.05, 4.69) is 10.3 Å². The van der Waals surface area contributed by atoms with Crippen molar-refractivity contribution in [3.8, 4) is 0 Å². The third-order valence-electron chi connectivity index (χ3n) is 3.25. The lowest BCUT2D eigenvalue weighted by atomic mass is 10.1. The van der Waals surface area contributed by atoms with Gasteiger partial charge in [-0.15, -0.1) is 11.3 Å². The van der Waals surface area contributed by atoms with E-state index in [0.29, 0.717) is 17.2 Å². The molecule has 0 aliphatic heterocycles. The topological polar surface area (TPSA) is 88.2 Å². The monoisotopic (exact) mass is 275 g/mol. The summed E-state index contributed by atoms with van der Waals surface area (Å²) in [4.78, 5) is 16.0. The molecule has 4 N–H and O–H groups in total. The van der Waals surface area contributed by atoms with Gasteiger partial charge in [0.2, 0.25) is 0 Å². The largest absolute Gasteiger partial charge is 0.390 e. The molecule has 1 aromatic carbocycles. The quantitative estimate of drug-likeness (QED) is 0.766. The maximum atomic E-state index is 12.0. The zero-order chi connectivity index (χ0) is 13.4. The number of rotatable bonds is 2. The van der Waals surface area contributed by atoms with Gasteiger partial charge in [0, 0.05) is 11.8 Å². The van der Waals surface area contributed by atoms with E-state index in [1.165, 1.54) is 11.3 Å². The highest BCUT2D eigenvalue weighted by Crippen LogP contribution is 2.31. The summed E-state index contributed by atoms with van der Waals surface area (Å²) in [5.41, 5.74) is 7.83. The number of hydrogen-bond donors (Lipinski definition) is 3. The Labute approximate surface area is 114 Å². The van der Waals surface area contributed by atoms with Crippen LogP contribution in [-0.4, -0.2) is 22.1 Å². The average molecular weight is 275 g/mol. The first-order valence-corrected chi connectivity index (χ1v) is 6.81. The maximum Gasteiger partial charge on any atom is 0.271 e. The molecule has 0 unspecified atom stereocenters. The van der Waals surface area contributed by atoms with Crippen molar-refractivity contribution < 1.29 is 9.90 Å². The van der Waals surface area contributed by atoms with Crippen molar-refractivity contribution >= 4 is 22.4 Å². The molecule has 2 atom stereocenters. The molecule has 1 aromatic heterocycles. The number of nitrogens with zero attached hydrogens (tertiary/aromatic N) is 1. The Kier molecular flexibility index (Phi) is 2.96. The van der Waals surface area contributed by atoms with E-state index in [4.69, 9.17) is 5.73 Å². The fourth-order valence-electron chi connectivity index (χ4n) is 2.35. The number of carbonyl (C=O) groups is 1. The third kappa shape index (κ3) is 2.20. The van der Waals surface area contributed by atoms with Crippen LogP contribution in [0.25, 0.3) is 0 Å². The van der Waals surface area contributed by atoms with Gasteiger partial charge >= 0.3 is 0 Å². The van der Waals surface area contributed by atoms with Crippen molar-refractivity contribution in [2.75, 3.05) is 5.73 Å². The number of aromatic nitrogens is 1. The molecule has 0 saturated heterocycles. The number of carbonyl (C=O) groups excluding carboxylic acids is 1. The number of aliphatic hydroxyl groups excluding tert-OH is 1. The van der Waals surface area contributed by atoms with Crippen molar-refractivity contribution in [2.24, 2.45) is 0 Å². The molecule has 5 nitrogen and oxygen atoms in total. The second-order valence-corrected chi connectivity index (χ2v) is 5.38. The van der Waals surface area contributed by atoms with E-state index in [-0.39, 0.29) is 11.9 Å². The minimum Gasteiger partial charge on any atom is -0.390 e. The standard InChI is InChI=1S/C13H13N3O2S/c14-13-15-9(6-19-13)12(18)16-11-8-4-2-1-3-7(8)5-10(11)17/h1-4,6,10-11,17H,5H2,(H2,14,15)(H,16,18)/t10-,11+/m0/s1. The van der Waals surface area contributed by atoms with Crippen LogP contribution >= 0.6 is 11.3 Å². The van der Waals surface area contributed by atoms with Crippen LogP contribution in [0.4, 0.5) is 5.13 Å². The van der Waals surface area contributed by atoms with E-state index in [1.54, 1.807) is 5.38 Å². The summed E-state index contributed by atoms with van der Waals surface area (Å²) in [5.74, 6) is -0.311. The Morgan fingerprint density at radius 2 is 2.26 bits per heavy atom. The fourth-order valence-corrected chi connectivity index (χ4v) is 2.90. The number of hydrogen-bond acceptors (Lipinski definition) is 5. The van der Waals surface area contributed by atoms with Crippen molar-refractivity contribution in [1.29, 1.82) is 0 Å². The Hall–Kier alpha value is -1.92. The van der Waals surface area contributed by atoms with Crippen LogP contribution in [0.5, 0.6) is 0 Å². The second kappa shape index (κ2) is 4.64. The normalized spacial score (nSPS) is 21.1. The van der Waals surface area contributed by atoms with Crippen LogP contribution < -0.4 is 11.1 Å². The lowest BCUT2D eigenvalue weighted by molar-refractivity contribution is 0.0854. The number of benzene rings is 1. The minimum atomic E-state index is -0.600. The van der Waals surface area contributed by atoms with Crippen molar-refractivity contribution in [3.63, 3.8) is 0 Å². The summed E-state index contributed by atoms with van der Waals surface area (Å²) in [5, 5.41) is 14.8. The summed E-state index contributed by atoms with van der Waals surface area (Å²) < 4.78 is 0. The molecular formula is C13H13N3O2S. The Morgan fingerprint density at radius 1 is 1.47 bits per heavy atom. The zero-order valence-electron chi connectivity index (χ0n) is 10.0. The summed E-state index contributed by atoms with van der Waals surface area (Å²) in [6.45, 7) is 0. The summed E-state index contributed by atoms with van der Waals surface area (Å²) in [6.07, 6.45) is -0.0438. The molecule has 0 spiro atoms. The van der Waals surface area contributed by atoms with Gasteiger partial charge in [-0.3, -0.25) is 4.79 Å². The highest BCUT2D eigenvalue weighted by atomic mass is 32.1. The lowest BCUT2D eigenvalue weighted by Gasteiger charge is -2.17. The second-order valence-electron chi connectivity index (χ2n) is 4.49. The van der Waals surface area contributed by atoms with Gasteiger partial charge in [0.1, 0.15) is 5.69 Å². The van der Waals surface area contributed by atoms with Gasteiger partial charge in [0.25, 0.3) is 5.91 Å². The number of nitrogen functional groups attached to an aromatic ring is 1. The molecule has 1 amide bonds. The van der Waals surface area contributed by atoms with E-state index in [9.17, 15) is 9.90 Å². The van der Waals surface area contributed by atoms with E-state index < -0.39 is 6.10 Å². The predicted molar refractivity (Wildman–Crippen MR) is 72.9 cm³/mol. The van der Waals surface area contributed by atoms with Crippen molar-refractivity contribution in [1.82, 2.24) is 10.3 Å². The number of aliphatic hydroxyl groups is 1. The van der Waals surface area contributed by atoms with E-state index >= 15 is 0 Å². The van der Waals surface area contributed by atoms with Crippen molar-refractivity contribution in [3.05, 3.63) is 46.5 Å². The molecule has 19 heavy (non-hydrogen) atoms. The SMILES string of the molecule is Nc1nc(C(=O)N[C@@H]2c3ccccc3C[C@@H]2O)cs1. The lowest BCUT2D eigenvalue weighted by Crippen LogP contribution is -2.34. The molecule has 0 bridgehead atoms. The first-order valence-electron chi connectivity index (χ1n) is 5.93. The van der Waals surface area contributed by atoms with Crippen LogP contribution in [0, 0.1) is 0 Å². The van der Waals surface area contributed by atoms with E-state index in [0.717, 1.165) is 11.1 Å². The van der Waals surface area contributed by atoms with Gasteiger partial charge in [0.15, 0.2) is 5.13 Å². The highest BCUT2D eigenvalue weighted by molar-refractivity contribution is 7.13. The summed E-state index contributed by atoms with van der Waals surface area (Å²) in [7, 11) is 0. The smallest absolute Gasteiger partial charge is 0.271 e. The molecule has 2 aromatic rings.